The van der Waals surface area contributed by atoms with Crippen LogP contribution in [0.5, 0.6) is 23.0 Å². The summed E-state index contributed by atoms with van der Waals surface area (Å²) in [6.07, 6.45) is 26.4. The fourth-order valence-electron chi connectivity index (χ4n) is 16.7. The minimum absolute atomic E-state index is 0.180. The molecule has 0 radical (unpaired) electrons. The van der Waals surface area contributed by atoms with Gasteiger partial charge in [0, 0.05) is 52.7 Å². The van der Waals surface area contributed by atoms with Crippen molar-refractivity contribution in [2.75, 3.05) is 26.4 Å². The van der Waals surface area contributed by atoms with E-state index in [1.165, 1.54) is 156 Å². The monoisotopic (exact) mass is 1960 g/mol. The standard InChI is InChI=1S/C19H16O.C18H18O.C17H16O.C17H18O.C14H16O.C13H14O.C9H12O.C9H20O.C7H16O.C6H14O.C5H12O/c1-12(2)20-17-11-9-15-7-6-13-4-3-5-14-8-10-16(17)19(15)18(13)14;1-13(2)19-12-18-16-9-5-3-7-14(16)11-15-8-4-6-10-17(15)18;1-12(2)18-17-15-9-5-3-7-13(15)11-14-8-4-6-10-16(14)17;1-12(2)18-11-15-10-9-14-6-3-5-13-7-4-8-16(15)17(13)14;1-11(2)15-10-13-8-5-7-12-6-3-4-9-14(12)13;1-10(2)14-13-9-5-7-11-6-3-4-8-12(11)13;1-8(2)10-9-6-4-3-5-7-9;1-4-5-6-7-8-10-9(2)3;1-6(2)5-8-7(3)4;1-5(2)7-6(3)4;1-4-6-5(2)3/h3-12H,1-2H3;3-11,13H,12H2,1-2H3;3-12H,1-2H3;3-10,12,17H,11H2,1-2H3;3-9,11H,10H2,1-2H3;3-10H,1-2H3;3-8H,1-2H3;9H,4-8H2,1-3H3;6-7H,5H2,1-4H3;5-6H,1-4H3;5H,4H2,1-3H3. The van der Waals surface area contributed by atoms with Crippen LogP contribution in [0.15, 0.2) is 350 Å². The van der Waals surface area contributed by atoms with E-state index in [2.05, 4.69) is 391 Å². The van der Waals surface area contributed by atoms with Crippen molar-refractivity contribution in [2.24, 2.45) is 11.8 Å². The van der Waals surface area contributed by atoms with Crippen LogP contribution in [0.3, 0.4) is 0 Å². The Morgan fingerprint density at radius 1 is 0.262 bits per heavy atom. The number of benzene rings is 15. The number of para-hydroxylation sites is 1. The number of rotatable bonds is 30. The highest BCUT2D eigenvalue weighted by atomic mass is 16.5. The molecular formula is C134H172O11. The third-order valence-corrected chi connectivity index (χ3v) is 22.8. The van der Waals surface area contributed by atoms with Gasteiger partial charge in [0.25, 0.3) is 0 Å². The van der Waals surface area contributed by atoms with Crippen LogP contribution >= 0.6 is 0 Å². The fraction of sp³-hybridized carbons (Fsp3) is 0.388. The van der Waals surface area contributed by atoms with Crippen molar-refractivity contribution in [1.82, 2.24) is 0 Å². The maximum Gasteiger partial charge on any atom is 0.135 e. The predicted molar refractivity (Wildman–Crippen MR) is 625 cm³/mol. The molecule has 0 amide bonds. The van der Waals surface area contributed by atoms with E-state index in [9.17, 15) is 0 Å². The largest absolute Gasteiger partial charge is 0.491 e. The van der Waals surface area contributed by atoms with Crippen molar-refractivity contribution in [3.8, 4) is 23.0 Å². The molecule has 0 aromatic heterocycles. The molecule has 0 saturated heterocycles. The molecule has 11 nitrogen and oxygen atoms in total. The van der Waals surface area contributed by atoms with Gasteiger partial charge < -0.3 is 52.1 Å². The molecule has 15 aromatic carbocycles. The first-order chi connectivity index (χ1) is 69.6. The van der Waals surface area contributed by atoms with Gasteiger partial charge in [-0.25, -0.2) is 0 Å². The topological polar surface area (TPSA) is 102 Å². The second-order valence-electron chi connectivity index (χ2n) is 40.3. The lowest BCUT2D eigenvalue weighted by atomic mass is 9.74. The zero-order valence-electron chi connectivity index (χ0n) is 92.8. The number of ether oxygens (including phenoxy) is 11. The Balaban J connectivity index is 0.000000198. The summed E-state index contributed by atoms with van der Waals surface area (Å²) < 4.78 is 61.4. The summed E-state index contributed by atoms with van der Waals surface area (Å²) in [5, 5.41) is 22.7. The van der Waals surface area contributed by atoms with Gasteiger partial charge in [0.1, 0.15) is 23.0 Å². The molecule has 0 N–H and O–H groups in total. The number of hydrogen-bond donors (Lipinski definition) is 0. The molecule has 3 aliphatic rings. The van der Waals surface area contributed by atoms with Gasteiger partial charge >= 0.3 is 0 Å². The molecule has 145 heavy (non-hydrogen) atoms. The molecule has 0 saturated carbocycles. The molecule has 0 bridgehead atoms. The van der Waals surface area contributed by atoms with Gasteiger partial charge in [-0.1, -0.05) is 325 Å². The maximum atomic E-state index is 6.04. The predicted octanol–water partition coefficient (Wildman–Crippen LogP) is 37.1. The average molecular weight is 1960 g/mol. The Hall–Kier alpha value is -11.7. The normalized spacial score (nSPS) is 12.8. The van der Waals surface area contributed by atoms with Crippen molar-refractivity contribution in [2.45, 2.75) is 306 Å². The minimum Gasteiger partial charge on any atom is -0.491 e. The summed E-state index contributed by atoms with van der Waals surface area (Å²) in [5.74, 6) is 4.98. The molecule has 0 aliphatic heterocycles. The van der Waals surface area contributed by atoms with Crippen LogP contribution in [-0.2, 0) is 46.4 Å². The first-order valence-electron chi connectivity index (χ1n) is 53.3. The second kappa shape index (κ2) is 63.6. The highest BCUT2D eigenvalue weighted by molar-refractivity contribution is 6.24. The van der Waals surface area contributed by atoms with Crippen LogP contribution in [0.25, 0.3) is 97.0 Å². The summed E-state index contributed by atoms with van der Waals surface area (Å²) in [6, 6.07) is 96.8. The molecular weight excluding hydrogens is 1790 g/mol. The Bertz CT molecular complexity index is 6320. The van der Waals surface area contributed by atoms with Crippen LogP contribution in [-0.4, -0.2) is 99.7 Å². The van der Waals surface area contributed by atoms with Gasteiger partial charge in [-0.2, -0.15) is 0 Å². The zero-order valence-corrected chi connectivity index (χ0v) is 92.8. The third kappa shape index (κ3) is 40.9. The summed E-state index contributed by atoms with van der Waals surface area (Å²) in [7, 11) is 0. The summed E-state index contributed by atoms with van der Waals surface area (Å²) in [5.41, 5.74) is 8.03. The van der Waals surface area contributed by atoms with E-state index in [-0.39, 0.29) is 42.7 Å². The Morgan fingerprint density at radius 3 is 1.15 bits per heavy atom. The van der Waals surface area contributed by atoms with E-state index < -0.39 is 0 Å². The zero-order chi connectivity index (χ0) is 105. The van der Waals surface area contributed by atoms with Crippen molar-refractivity contribution in [3.05, 3.63) is 361 Å². The van der Waals surface area contributed by atoms with E-state index in [0.717, 1.165) is 42.8 Å². The molecule has 15 aromatic rings. The summed E-state index contributed by atoms with van der Waals surface area (Å²) >= 11 is 0. The van der Waals surface area contributed by atoms with Crippen molar-refractivity contribution in [3.63, 3.8) is 0 Å². The SMILES string of the molecule is CC(C)COC(C)C.CC(C)OC(C)C.CC(C)OCC1=C2C=CC=C3C=CC=C(C=C1)C32.CC(C)OCc1c2ccccc2cc2ccccc12.CC(C)OCc1cccc2ccccc12.CC(C)Oc1c2ccccc2cc2ccccc12.CC(C)Oc1ccc2ccc3cccc4ccc1c2c34.CC(C)Oc1cccc2ccccc12.CC(C)Oc1ccccc1.CCCCCCOC(C)C.CCOC(C)C. The van der Waals surface area contributed by atoms with Gasteiger partial charge in [0.05, 0.1) is 93.1 Å². The molecule has 11 heteroatoms. The van der Waals surface area contributed by atoms with Gasteiger partial charge in [0.15, 0.2) is 0 Å². The van der Waals surface area contributed by atoms with E-state index in [1.807, 2.05) is 131 Å². The van der Waals surface area contributed by atoms with Crippen molar-refractivity contribution >= 4 is 97.0 Å². The van der Waals surface area contributed by atoms with E-state index in [1.54, 1.807) is 0 Å². The van der Waals surface area contributed by atoms with Gasteiger partial charge in [-0.15, -0.1) is 0 Å². The maximum absolute atomic E-state index is 6.04. The van der Waals surface area contributed by atoms with Crippen LogP contribution in [0, 0.1) is 11.8 Å². The van der Waals surface area contributed by atoms with E-state index >= 15 is 0 Å². The summed E-state index contributed by atoms with van der Waals surface area (Å²) in [6.45, 7) is 62.6. The average Bonchev–Trinajstić information content (AvgIpc) is 0.736. The van der Waals surface area contributed by atoms with Crippen LogP contribution in [0.1, 0.15) is 231 Å². The first-order valence-corrected chi connectivity index (χ1v) is 53.3. The lowest BCUT2D eigenvalue weighted by Crippen LogP contribution is -2.19. The lowest BCUT2D eigenvalue weighted by molar-refractivity contribution is 0.0300. The highest BCUT2D eigenvalue weighted by Crippen LogP contribution is 2.43. The van der Waals surface area contributed by atoms with Crippen molar-refractivity contribution in [1.29, 1.82) is 0 Å². The van der Waals surface area contributed by atoms with Crippen molar-refractivity contribution < 1.29 is 52.1 Å². The first kappa shape index (κ1) is 118. The van der Waals surface area contributed by atoms with E-state index in [4.69, 9.17) is 52.1 Å². The molecule has 0 heterocycles. The fourth-order valence-corrected chi connectivity index (χ4v) is 16.7. The molecule has 774 valence electrons. The molecule has 0 fully saturated rings. The third-order valence-electron chi connectivity index (χ3n) is 22.8. The Morgan fingerprint density at radius 2 is 0.669 bits per heavy atom. The second-order valence-corrected chi connectivity index (χ2v) is 40.3. The van der Waals surface area contributed by atoms with Crippen LogP contribution in [0.2, 0.25) is 0 Å². The van der Waals surface area contributed by atoms with Crippen LogP contribution < -0.4 is 18.9 Å². The Kier molecular flexibility index (Phi) is 52.0. The smallest absolute Gasteiger partial charge is 0.135 e. The van der Waals surface area contributed by atoms with Gasteiger partial charge in [-0.05, 0) is 331 Å². The minimum atomic E-state index is 0.180. The van der Waals surface area contributed by atoms with E-state index in [0.29, 0.717) is 62.2 Å². The van der Waals surface area contributed by atoms with Crippen LogP contribution in [0.4, 0.5) is 0 Å². The number of hydrogen-bond acceptors (Lipinski definition) is 11. The molecule has 18 rings (SSSR count). The lowest BCUT2D eigenvalue weighted by Gasteiger charge is -2.31. The van der Waals surface area contributed by atoms with Gasteiger partial charge in [0.2, 0.25) is 0 Å². The quantitative estimate of drug-likeness (QED) is 0.0244. The summed E-state index contributed by atoms with van der Waals surface area (Å²) in [4.78, 5) is 0. The molecule has 1 unspecified atom stereocenters. The number of unbranched alkanes of at least 4 members (excludes halogenated alkanes) is 3. The molecule has 0 spiro atoms. The number of fused-ring (bicyclic) bond motifs is 6. The Labute approximate surface area is 871 Å². The highest BCUT2D eigenvalue weighted by Gasteiger charge is 2.28. The molecule has 3 aliphatic carbocycles. The molecule has 1 atom stereocenters. The van der Waals surface area contributed by atoms with Gasteiger partial charge in [-0.3, -0.25) is 0 Å². The number of allylic oxidation sites excluding steroid dienone is 10.